The fourth-order valence-electron chi connectivity index (χ4n) is 1.93. The number of rotatable bonds is 9. The van der Waals surface area contributed by atoms with Gasteiger partial charge >= 0.3 is 5.97 Å². The number of hydrogen-bond donors (Lipinski definition) is 3. The van der Waals surface area contributed by atoms with Gasteiger partial charge in [0.25, 0.3) is 0 Å². The van der Waals surface area contributed by atoms with Gasteiger partial charge in [-0.25, -0.2) is 0 Å². The van der Waals surface area contributed by atoms with Gasteiger partial charge in [-0.1, -0.05) is 19.3 Å². The summed E-state index contributed by atoms with van der Waals surface area (Å²) >= 11 is 0. The number of phenols is 2. The van der Waals surface area contributed by atoms with E-state index < -0.39 is 5.97 Å². The number of aromatic hydroxyl groups is 2. The highest BCUT2D eigenvalue weighted by Crippen LogP contribution is 2.25. The van der Waals surface area contributed by atoms with Crippen molar-refractivity contribution in [1.82, 2.24) is 0 Å². The van der Waals surface area contributed by atoms with Crippen LogP contribution in [-0.4, -0.2) is 27.1 Å². The van der Waals surface area contributed by atoms with Crippen molar-refractivity contribution in [2.45, 2.75) is 44.9 Å². The second-order valence-electron chi connectivity index (χ2n) is 4.79. The molecular formula is C15H20O5. The number of Topliss-reactive ketones (excluding diaryl/α,β-unsaturated/α-hetero) is 1. The number of unbranched alkanes of at least 4 members (excludes halogenated alkanes) is 4. The van der Waals surface area contributed by atoms with Crippen molar-refractivity contribution in [2.75, 3.05) is 0 Å². The number of carboxylic acid groups (broad SMARTS) is 1. The Kier molecular flexibility index (Phi) is 6.56. The molecule has 3 N–H and O–H groups in total. The molecule has 0 heterocycles. The van der Waals surface area contributed by atoms with Crippen LogP contribution < -0.4 is 0 Å². The predicted octanol–water partition coefficient (Wildman–Crippen LogP) is 3.10. The number of aliphatic carboxylic acids is 1. The molecule has 0 atom stereocenters. The number of carboxylic acids is 1. The summed E-state index contributed by atoms with van der Waals surface area (Å²) in [6.07, 6.45) is 4.68. The van der Waals surface area contributed by atoms with E-state index in [9.17, 15) is 14.7 Å². The molecule has 0 unspecified atom stereocenters. The Morgan fingerprint density at radius 2 is 1.45 bits per heavy atom. The summed E-state index contributed by atoms with van der Waals surface area (Å²) in [7, 11) is 0. The molecular weight excluding hydrogens is 260 g/mol. The maximum Gasteiger partial charge on any atom is 0.303 e. The lowest BCUT2D eigenvalue weighted by Gasteiger charge is -2.03. The van der Waals surface area contributed by atoms with Gasteiger partial charge in [-0.3, -0.25) is 9.59 Å². The second kappa shape index (κ2) is 8.19. The molecule has 110 valence electrons. The summed E-state index contributed by atoms with van der Waals surface area (Å²) in [4.78, 5) is 22.1. The van der Waals surface area contributed by atoms with Gasteiger partial charge in [0.2, 0.25) is 0 Å². The van der Waals surface area contributed by atoms with Crippen molar-refractivity contribution in [2.24, 2.45) is 0 Å². The first-order valence-corrected chi connectivity index (χ1v) is 6.77. The van der Waals surface area contributed by atoms with E-state index in [-0.39, 0.29) is 23.7 Å². The van der Waals surface area contributed by atoms with Gasteiger partial charge in [-0.05, 0) is 31.0 Å². The minimum Gasteiger partial charge on any atom is -0.504 e. The van der Waals surface area contributed by atoms with Gasteiger partial charge in [-0.2, -0.15) is 0 Å². The van der Waals surface area contributed by atoms with Crippen LogP contribution in [0.2, 0.25) is 0 Å². The minimum atomic E-state index is -0.771. The number of hydrogen-bond acceptors (Lipinski definition) is 4. The zero-order valence-corrected chi connectivity index (χ0v) is 11.3. The van der Waals surface area contributed by atoms with Crippen molar-refractivity contribution >= 4 is 11.8 Å². The highest BCUT2D eigenvalue weighted by Gasteiger charge is 2.08. The average molecular weight is 280 g/mol. The van der Waals surface area contributed by atoms with Gasteiger partial charge in [0.15, 0.2) is 17.3 Å². The van der Waals surface area contributed by atoms with Crippen LogP contribution in [0.3, 0.4) is 0 Å². The van der Waals surface area contributed by atoms with Crippen molar-refractivity contribution in [3.05, 3.63) is 23.8 Å². The van der Waals surface area contributed by atoms with E-state index in [4.69, 9.17) is 10.2 Å². The monoisotopic (exact) mass is 280 g/mol. The molecule has 0 saturated carbocycles. The van der Waals surface area contributed by atoms with Crippen LogP contribution in [0.4, 0.5) is 0 Å². The molecule has 0 radical (unpaired) electrons. The van der Waals surface area contributed by atoms with Gasteiger partial charge in [0, 0.05) is 18.4 Å². The first-order chi connectivity index (χ1) is 9.50. The molecule has 1 rings (SSSR count). The maximum atomic E-state index is 11.8. The molecule has 0 aliphatic heterocycles. The summed E-state index contributed by atoms with van der Waals surface area (Å²) < 4.78 is 0. The number of phenolic OH excluding ortho intramolecular Hbond substituents is 2. The van der Waals surface area contributed by atoms with E-state index >= 15 is 0 Å². The van der Waals surface area contributed by atoms with Crippen molar-refractivity contribution in [3.63, 3.8) is 0 Å². The maximum absolute atomic E-state index is 11.8. The van der Waals surface area contributed by atoms with Gasteiger partial charge in [0.1, 0.15) is 0 Å². The SMILES string of the molecule is O=C(O)CCCCCCCC(=O)c1ccc(O)c(O)c1. The third-order valence-electron chi connectivity index (χ3n) is 3.09. The normalized spacial score (nSPS) is 10.4. The van der Waals surface area contributed by atoms with E-state index in [1.807, 2.05) is 0 Å². The Bertz CT molecular complexity index is 467. The average Bonchev–Trinajstić information content (AvgIpc) is 2.40. The fourth-order valence-corrected chi connectivity index (χ4v) is 1.93. The number of carbonyl (C=O) groups is 2. The van der Waals surface area contributed by atoms with E-state index in [0.29, 0.717) is 18.4 Å². The van der Waals surface area contributed by atoms with Crippen LogP contribution in [0.25, 0.3) is 0 Å². The van der Waals surface area contributed by atoms with Crippen molar-refractivity contribution in [1.29, 1.82) is 0 Å². The molecule has 0 aliphatic carbocycles. The second-order valence-corrected chi connectivity index (χ2v) is 4.79. The molecule has 0 aromatic heterocycles. The smallest absolute Gasteiger partial charge is 0.303 e. The molecule has 20 heavy (non-hydrogen) atoms. The summed E-state index contributed by atoms with van der Waals surface area (Å²) in [5, 5.41) is 26.9. The lowest BCUT2D eigenvalue weighted by Crippen LogP contribution is -1.98. The van der Waals surface area contributed by atoms with E-state index in [2.05, 4.69) is 0 Å². The molecule has 5 heteroatoms. The van der Waals surface area contributed by atoms with Gasteiger partial charge in [-0.15, -0.1) is 0 Å². The van der Waals surface area contributed by atoms with Crippen molar-refractivity contribution in [3.8, 4) is 11.5 Å². The first-order valence-electron chi connectivity index (χ1n) is 6.77. The van der Waals surface area contributed by atoms with Crippen LogP contribution >= 0.6 is 0 Å². The lowest BCUT2D eigenvalue weighted by molar-refractivity contribution is -0.137. The van der Waals surface area contributed by atoms with Crippen LogP contribution in [-0.2, 0) is 4.79 Å². The summed E-state index contributed by atoms with van der Waals surface area (Å²) in [5.41, 5.74) is 0.395. The molecule has 1 aromatic carbocycles. The molecule has 5 nitrogen and oxygen atoms in total. The third-order valence-corrected chi connectivity index (χ3v) is 3.09. The van der Waals surface area contributed by atoms with Crippen LogP contribution in [0.15, 0.2) is 18.2 Å². The van der Waals surface area contributed by atoms with Crippen molar-refractivity contribution < 1.29 is 24.9 Å². The molecule has 0 saturated heterocycles. The predicted molar refractivity (Wildman–Crippen MR) is 74.1 cm³/mol. The van der Waals surface area contributed by atoms with E-state index in [1.165, 1.54) is 18.2 Å². The summed E-state index contributed by atoms with van der Waals surface area (Å²) in [6, 6.07) is 4.06. The largest absolute Gasteiger partial charge is 0.504 e. The highest BCUT2D eigenvalue weighted by atomic mass is 16.4. The van der Waals surface area contributed by atoms with Crippen LogP contribution in [0, 0.1) is 0 Å². The summed E-state index contributed by atoms with van der Waals surface area (Å²) in [6.45, 7) is 0. The van der Waals surface area contributed by atoms with E-state index in [0.717, 1.165) is 25.7 Å². The van der Waals surface area contributed by atoms with E-state index in [1.54, 1.807) is 0 Å². The topological polar surface area (TPSA) is 94.8 Å². The molecule has 0 fully saturated rings. The molecule has 0 spiro atoms. The Labute approximate surface area is 117 Å². The Hall–Kier alpha value is -2.04. The molecule has 0 bridgehead atoms. The summed E-state index contributed by atoms with van der Waals surface area (Å²) in [5.74, 6) is -1.36. The number of carbonyl (C=O) groups excluding carboxylic acids is 1. The van der Waals surface area contributed by atoms with Gasteiger partial charge in [0.05, 0.1) is 0 Å². The molecule has 0 aliphatic rings. The first kappa shape index (κ1) is 16.0. The Morgan fingerprint density at radius 1 is 0.850 bits per heavy atom. The standard InChI is InChI=1S/C15H20O5/c16-12(11-8-9-13(17)14(18)10-11)6-4-2-1-3-5-7-15(19)20/h8-10,17-18H,1-7H2,(H,19,20). The minimum absolute atomic E-state index is 0.0640. The molecule has 1 aromatic rings. The zero-order chi connectivity index (χ0) is 15.0. The zero-order valence-electron chi connectivity index (χ0n) is 11.3. The molecule has 0 amide bonds. The van der Waals surface area contributed by atoms with Gasteiger partial charge < -0.3 is 15.3 Å². The lowest BCUT2D eigenvalue weighted by atomic mass is 10.0. The Balaban J connectivity index is 2.20. The number of ketones is 1. The number of benzene rings is 1. The van der Waals surface area contributed by atoms with Crippen LogP contribution in [0.1, 0.15) is 55.3 Å². The fraction of sp³-hybridized carbons (Fsp3) is 0.467. The quantitative estimate of drug-likeness (QED) is 0.367. The van der Waals surface area contributed by atoms with Crippen LogP contribution in [0.5, 0.6) is 11.5 Å². The third kappa shape index (κ3) is 5.73. The Morgan fingerprint density at radius 3 is 2.05 bits per heavy atom. The highest BCUT2D eigenvalue weighted by molar-refractivity contribution is 5.96.